The lowest BCUT2D eigenvalue weighted by molar-refractivity contribution is 0.585. The van der Waals surface area contributed by atoms with E-state index in [4.69, 9.17) is 8.83 Å². The summed E-state index contributed by atoms with van der Waals surface area (Å²) in [6.45, 7) is 0. The van der Waals surface area contributed by atoms with Crippen LogP contribution in [0, 0.1) is 0 Å². The van der Waals surface area contributed by atoms with Crippen molar-refractivity contribution in [2.24, 2.45) is 0 Å². The van der Waals surface area contributed by atoms with E-state index in [1.807, 2.05) is 54.6 Å². The summed E-state index contributed by atoms with van der Waals surface area (Å²) in [6, 6.07) is 36.8. The molecule has 160 valence electrons. The van der Waals surface area contributed by atoms with Crippen molar-refractivity contribution in [3.63, 3.8) is 0 Å². The van der Waals surface area contributed by atoms with E-state index in [0.29, 0.717) is 11.8 Å². The van der Waals surface area contributed by atoms with E-state index >= 15 is 0 Å². The maximum Gasteiger partial charge on any atom is 0.248 e. The number of hydrogen-bond acceptors (Lipinski definition) is 4. The van der Waals surface area contributed by atoms with Gasteiger partial charge >= 0.3 is 0 Å². The summed E-state index contributed by atoms with van der Waals surface area (Å²) in [7, 11) is 0. The van der Waals surface area contributed by atoms with E-state index in [2.05, 4.69) is 64.8 Å². The minimum absolute atomic E-state index is 0.503. The molecule has 0 aliphatic rings. The highest BCUT2D eigenvalue weighted by atomic mass is 16.4. The zero-order chi connectivity index (χ0) is 22.5. The Morgan fingerprint density at radius 2 is 1.06 bits per heavy atom. The van der Waals surface area contributed by atoms with Crippen molar-refractivity contribution in [1.29, 1.82) is 0 Å². The zero-order valence-electron chi connectivity index (χ0n) is 18.1. The first-order valence-electron chi connectivity index (χ1n) is 11.2. The first-order valence-corrected chi connectivity index (χ1v) is 11.2. The van der Waals surface area contributed by atoms with Gasteiger partial charge in [-0.1, -0.05) is 84.9 Å². The quantitative estimate of drug-likeness (QED) is 0.279. The van der Waals surface area contributed by atoms with Crippen LogP contribution in [-0.4, -0.2) is 10.2 Å². The Labute approximate surface area is 195 Å². The number of para-hydroxylation sites is 2. The highest BCUT2D eigenvalue weighted by molar-refractivity contribution is 6.13. The van der Waals surface area contributed by atoms with Crippen molar-refractivity contribution in [3.05, 3.63) is 109 Å². The van der Waals surface area contributed by atoms with Gasteiger partial charge in [-0.3, -0.25) is 0 Å². The van der Waals surface area contributed by atoms with Crippen molar-refractivity contribution >= 4 is 32.7 Å². The Bertz CT molecular complexity index is 1810. The van der Waals surface area contributed by atoms with Crippen LogP contribution in [0.15, 0.2) is 118 Å². The first kappa shape index (κ1) is 18.8. The van der Waals surface area contributed by atoms with E-state index in [9.17, 15) is 0 Å². The molecular formula is C30H18N2O2. The minimum Gasteiger partial charge on any atom is -0.455 e. The monoisotopic (exact) mass is 438 g/mol. The Balaban J connectivity index is 1.43. The molecule has 0 amide bonds. The number of benzene rings is 5. The summed E-state index contributed by atoms with van der Waals surface area (Å²) in [5.74, 6) is 1.01. The van der Waals surface area contributed by atoms with Crippen molar-refractivity contribution in [3.8, 4) is 34.0 Å². The fourth-order valence-electron chi connectivity index (χ4n) is 4.71. The van der Waals surface area contributed by atoms with Gasteiger partial charge in [0.15, 0.2) is 0 Å². The fraction of sp³-hybridized carbons (Fsp3) is 0. The van der Waals surface area contributed by atoms with Crippen LogP contribution in [0.4, 0.5) is 0 Å². The van der Waals surface area contributed by atoms with Gasteiger partial charge in [0.1, 0.15) is 11.2 Å². The third-order valence-electron chi connectivity index (χ3n) is 6.29. The third-order valence-corrected chi connectivity index (χ3v) is 6.29. The topological polar surface area (TPSA) is 52.1 Å². The molecule has 0 radical (unpaired) electrons. The van der Waals surface area contributed by atoms with Gasteiger partial charge in [0.05, 0.1) is 0 Å². The summed E-state index contributed by atoms with van der Waals surface area (Å²) in [5.41, 5.74) is 5.76. The molecule has 7 rings (SSSR count). The van der Waals surface area contributed by atoms with Crippen LogP contribution in [-0.2, 0) is 0 Å². The largest absolute Gasteiger partial charge is 0.455 e. The van der Waals surface area contributed by atoms with Crippen LogP contribution in [0.2, 0.25) is 0 Å². The molecule has 0 fully saturated rings. The predicted octanol–water partition coefficient (Wildman–Crippen LogP) is 8.12. The van der Waals surface area contributed by atoms with Gasteiger partial charge in [-0.2, -0.15) is 0 Å². The highest BCUT2D eigenvalue weighted by Crippen LogP contribution is 2.40. The Morgan fingerprint density at radius 1 is 0.412 bits per heavy atom. The second kappa shape index (κ2) is 7.42. The lowest BCUT2D eigenvalue weighted by Crippen LogP contribution is -1.87. The molecule has 34 heavy (non-hydrogen) atoms. The molecule has 0 unspecified atom stereocenters. The molecule has 0 atom stereocenters. The van der Waals surface area contributed by atoms with Crippen LogP contribution in [0.25, 0.3) is 66.7 Å². The van der Waals surface area contributed by atoms with Crippen LogP contribution < -0.4 is 0 Å². The van der Waals surface area contributed by atoms with Gasteiger partial charge in [0.25, 0.3) is 0 Å². The van der Waals surface area contributed by atoms with E-state index < -0.39 is 0 Å². The average Bonchev–Trinajstić information content (AvgIpc) is 3.54. The number of furan rings is 1. The van der Waals surface area contributed by atoms with Crippen molar-refractivity contribution in [2.45, 2.75) is 0 Å². The summed E-state index contributed by atoms with van der Waals surface area (Å²) in [6.07, 6.45) is 0. The normalized spacial score (nSPS) is 11.5. The SMILES string of the molecule is c1ccc(-c2nnc(-c3ccc(-c4cccc5c4oc4ccccc45)c4ccccc34)o2)cc1. The molecule has 2 aromatic heterocycles. The Kier molecular flexibility index (Phi) is 4.11. The molecule has 0 spiro atoms. The van der Waals surface area contributed by atoms with Crippen LogP contribution in [0.1, 0.15) is 0 Å². The van der Waals surface area contributed by atoms with Crippen LogP contribution >= 0.6 is 0 Å². The van der Waals surface area contributed by atoms with E-state index in [0.717, 1.165) is 55.0 Å². The maximum atomic E-state index is 6.31. The van der Waals surface area contributed by atoms with Crippen molar-refractivity contribution in [2.75, 3.05) is 0 Å². The maximum absolute atomic E-state index is 6.31. The lowest BCUT2D eigenvalue weighted by atomic mass is 9.94. The number of rotatable bonds is 3. The molecule has 0 N–H and O–H groups in total. The molecule has 5 aromatic carbocycles. The fourth-order valence-corrected chi connectivity index (χ4v) is 4.71. The van der Waals surface area contributed by atoms with Crippen LogP contribution in [0.5, 0.6) is 0 Å². The zero-order valence-corrected chi connectivity index (χ0v) is 18.1. The van der Waals surface area contributed by atoms with E-state index in [1.165, 1.54) is 0 Å². The van der Waals surface area contributed by atoms with Crippen molar-refractivity contribution < 1.29 is 8.83 Å². The van der Waals surface area contributed by atoms with Gasteiger partial charge < -0.3 is 8.83 Å². The number of nitrogens with zero attached hydrogens (tertiary/aromatic N) is 2. The van der Waals surface area contributed by atoms with E-state index in [-0.39, 0.29) is 0 Å². The van der Waals surface area contributed by atoms with Gasteiger partial charge in [0.2, 0.25) is 11.8 Å². The molecule has 7 aromatic rings. The number of hydrogen-bond donors (Lipinski definition) is 0. The number of fused-ring (bicyclic) bond motifs is 4. The molecule has 4 nitrogen and oxygen atoms in total. The summed E-state index contributed by atoms with van der Waals surface area (Å²) < 4.78 is 12.4. The molecule has 0 saturated carbocycles. The lowest BCUT2D eigenvalue weighted by Gasteiger charge is -2.10. The summed E-state index contributed by atoms with van der Waals surface area (Å²) >= 11 is 0. The molecular weight excluding hydrogens is 420 g/mol. The van der Waals surface area contributed by atoms with Gasteiger partial charge in [-0.05, 0) is 40.6 Å². The summed E-state index contributed by atoms with van der Waals surface area (Å²) in [4.78, 5) is 0. The highest BCUT2D eigenvalue weighted by Gasteiger charge is 2.18. The standard InChI is InChI=1S/C30H18N2O2/c1-2-9-19(10-3-1)29-31-32-30(34-29)26-18-17-22(20-11-4-5-12-21(20)26)24-14-8-15-25-23-13-6-7-16-27(23)33-28(24)25/h1-18H. The van der Waals surface area contributed by atoms with E-state index in [1.54, 1.807) is 0 Å². The smallest absolute Gasteiger partial charge is 0.248 e. The molecule has 4 heteroatoms. The minimum atomic E-state index is 0.503. The Hall–Kier alpha value is -4.70. The summed E-state index contributed by atoms with van der Waals surface area (Å²) in [5, 5.41) is 13.0. The second-order valence-corrected chi connectivity index (χ2v) is 8.27. The van der Waals surface area contributed by atoms with Crippen molar-refractivity contribution in [1.82, 2.24) is 10.2 Å². The predicted molar refractivity (Wildman–Crippen MR) is 135 cm³/mol. The van der Waals surface area contributed by atoms with Gasteiger partial charge in [-0.15, -0.1) is 10.2 Å². The Morgan fingerprint density at radius 3 is 1.91 bits per heavy atom. The second-order valence-electron chi connectivity index (χ2n) is 8.27. The third kappa shape index (κ3) is 2.86. The average molecular weight is 438 g/mol. The molecule has 0 bridgehead atoms. The van der Waals surface area contributed by atoms with Gasteiger partial charge in [0, 0.05) is 27.5 Å². The van der Waals surface area contributed by atoms with Crippen LogP contribution in [0.3, 0.4) is 0 Å². The molecule has 0 aliphatic carbocycles. The molecule has 0 saturated heterocycles. The number of aromatic nitrogens is 2. The van der Waals surface area contributed by atoms with Gasteiger partial charge in [-0.25, -0.2) is 0 Å². The first-order chi connectivity index (χ1) is 16.9. The molecule has 0 aliphatic heterocycles. The molecule has 2 heterocycles.